The van der Waals surface area contributed by atoms with Gasteiger partial charge in [-0.1, -0.05) is 32.9 Å². The highest BCUT2D eigenvalue weighted by Gasteiger charge is 2.23. The van der Waals surface area contributed by atoms with Crippen molar-refractivity contribution in [2.24, 2.45) is 11.1 Å². The molecule has 0 saturated heterocycles. The normalized spacial score (nSPS) is 16.4. The first-order valence-corrected chi connectivity index (χ1v) is 7.54. The number of carbonyl (C=O) groups is 1. The van der Waals surface area contributed by atoms with Gasteiger partial charge in [-0.2, -0.15) is 0 Å². The van der Waals surface area contributed by atoms with Crippen LogP contribution in [-0.2, 0) is 17.6 Å². The van der Waals surface area contributed by atoms with E-state index in [1.165, 1.54) is 24.0 Å². The molecule has 0 spiro atoms. The van der Waals surface area contributed by atoms with E-state index in [-0.39, 0.29) is 17.4 Å². The Kier molecular flexibility index (Phi) is 4.48. The Labute approximate surface area is 121 Å². The molecule has 1 atom stereocenters. The molecular weight excluding hydrogens is 248 g/mol. The van der Waals surface area contributed by atoms with Gasteiger partial charge in [-0.05, 0) is 48.3 Å². The SMILES string of the molecule is CC(C)(C)C(N)CC(=O)Nc1cccc2c1CCCC2. The van der Waals surface area contributed by atoms with Crippen molar-refractivity contribution in [2.45, 2.75) is 58.9 Å². The molecule has 3 N–H and O–H groups in total. The summed E-state index contributed by atoms with van der Waals surface area (Å²) < 4.78 is 0. The minimum absolute atomic E-state index is 0.0198. The molecular formula is C17H26N2O. The molecule has 1 aliphatic rings. The van der Waals surface area contributed by atoms with Crippen LogP contribution in [0.15, 0.2) is 18.2 Å². The first kappa shape index (κ1) is 15.0. The van der Waals surface area contributed by atoms with E-state index in [4.69, 9.17) is 5.73 Å². The number of hydrogen-bond acceptors (Lipinski definition) is 2. The van der Waals surface area contributed by atoms with E-state index in [1.54, 1.807) is 0 Å². The largest absolute Gasteiger partial charge is 0.327 e. The highest BCUT2D eigenvalue weighted by Crippen LogP contribution is 2.28. The van der Waals surface area contributed by atoms with Crippen LogP contribution in [0.3, 0.4) is 0 Å². The van der Waals surface area contributed by atoms with E-state index in [1.807, 2.05) is 12.1 Å². The zero-order valence-corrected chi connectivity index (χ0v) is 12.8. The maximum Gasteiger partial charge on any atom is 0.225 e. The number of rotatable bonds is 3. The molecule has 3 nitrogen and oxygen atoms in total. The van der Waals surface area contributed by atoms with Gasteiger partial charge in [0.2, 0.25) is 5.91 Å². The van der Waals surface area contributed by atoms with Gasteiger partial charge in [0.1, 0.15) is 0 Å². The fraction of sp³-hybridized carbons (Fsp3) is 0.588. The number of hydrogen-bond donors (Lipinski definition) is 2. The lowest BCUT2D eigenvalue weighted by Gasteiger charge is -2.27. The maximum atomic E-state index is 12.2. The van der Waals surface area contributed by atoms with Gasteiger partial charge in [-0.3, -0.25) is 4.79 Å². The van der Waals surface area contributed by atoms with E-state index in [0.29, 0.717) is 6.42 Å². The standard InChI is InChI=1S/C17H26N2O/c1-17(2,3)15(18)11-16(20)19-14-10-6-8-12-7-4-5-9-13(12)14/h6,8,10,15H,4-5,7,9,11,18H2,1-3H3,(H,19,20). The molecule has 1 amide bonds. The van der Waals surface area contributed by atoms with Crippen LogP contribution >= 0.6 is 0 Å². The smallest absolute Gasteiger partial charge is 0.225 e. The van der Waals surface area contributed by atoms with Crippen LogP contribution in [0, 0.1) is 5.41 Å². The molecule has 20 heavy (non-hydrogen) atoms. The van der Waals surface area contributed by atoms with Gasteiger partial charge in [0.05, 0.1) is 0 Å². The van der Waals surface area contributed by atoms with Crippen LogP contribution in [0.4, 0.5) is 5.69 Å². The summed E-state index contributed by atoms with van der Waals surface area (Å²) in [7, 11) is 0. The lowest BCUT2D eigenvalue weighted by molar-refractivity contribution is -0.117. The van der Waals surface area contributed by atoms with Crippen molar-refractivity contribution in [1.82, 2.24) is 0 Å². The van der Waals surface area contributed by atoms with Crippen molar-refractivity contribution < 1.29 is 4.79 Å². The minimum atomic E-state index is -0.123. The van der Waals surface area contributed by atoms with Gasteiger partial charge in [0, 0.05) is 18.2 Å². The number of nitrogens with one attached hydrogen (secondary N) is 1. The molecule has 0 fully saturated rings. The molecule has 0 heterocycles. The third-order valence-electron chi connectivity index (χ3n) is 4.19. The van der Waals surface area contributed by atoms with Crippen molar-refractivity contribution in [3.05, 3.63) is 29.3 Å². The van der Waals surface area contributed by atoms with Crippen molar-refractivity contribution in [3.63, 3.8) is 0 Å². The summed E-state index contributed by atoms with van der Waals surface area (Å²) in [6.07, 6.45) is 5.02. The Balaban J connectivity index is 2.05. The second-order valence-corrected chi connectivity index (χ2v) is 6.88. The van der Waals surface area contributed by atoms with Gasteiger partial charge in [0.15, 0.2) is 0 Å². The zero-order chi connectivity index (χ0) is 14.8. The highest BCUT2D eigenvalue weighted by molar-refractivity contribution is 5.92. The summed E-state index contributed by atoms with van der Waals surface area (Å²) in [6, 6.07) is 6.08. The number of anilines is 1. The van der Waals surface area contributed by atoms with E-state index in [2.05, 4.69) is 32.2 Å². The van der Waals surface area contributed by atoms with Crippen molar-refractivity contribution >= 4 is 11.6 Å². The molecule has 1 aromatic carbocycles. The number of benzene rings is 1. The first-order valence-electron chi connectivity index (χ1n) is 7.54. The molecule has 3 heteroatoms. The van der Waals surface area contributed by atoms with Crippen LogP contribution < -0.4 is 11.1 Å². The van der Waals surface area contributed by atoms with Crippen LogP contribution in [0.5, 0.6) is 0 Å². The summed E-state index contributed by atoms with van der Waals surface area (Å²) in [6.45, 7) is 6.19. The van der Waals surface area contributed by atoms with Crippen molar-refractivity contribution in [3.8, 4) is 0 Å². The van der Waals surface area contributed by atoms with Crippen LogP contribution in [0.2, 0.25) is 0 Å². The minimum Gasteiger partial charge on any atom is -0.327 e. The summed E-state index contributed by atoms with van der Waals surface area (Å²) in [5, 5.41) is 3.05. The average Bonchev–Trinajstić information content (AvgIpc) is 2.38. The molecule has 1 aromatic rings. The Morgan fingerprint density at radius 2 is 2.00 bits per heavy atom. The molecule has 1 aliphatic carbocycles. The lowest BCUT2D eigenvalue weighted by Crippen LogP contribution is -2.38. The Bertz CT molecular complexity index is 488. The molecule has 1 unspecified atom stereocenters. The second-order valence-electron chi connectivity index (χ2n) is 6.88. The maximum absolute atomic E-state index is 12.2. The third kappa shape index (κ3) is 3.60. The van der Waals surface area contributed by atoms with Crippen molar-refractivity contribution in [2.75, 3.05) is 5.32 Å². The van der Waals surface area contributed by atoms with Gasteiger partial charge in [0.25, 0.3) is 0 Å². The number of carbonyl (C=O) groups excluding carboxylic acids is 1. The molecule has 0 saturated carbocycles. The number of amides is 1. The molecule has 0 aliphatic heterocycles. The summed E-state index contributed by atoms with van der Waals surface area (Å²) in [4.78, 5) is 12.2. The number of aryl methyl sites for hydroxylation is 1. The molecule has 0 radical (unpaired) electrons. The van der Waals surface area contributed by atoms with E-state index in [9.17, 15) is 4.79 Å². The highest BCUT2D eigenvalue weighted by atomic mass is 16.1. The second kappa shape index (κ2) is 5.96. The van der Waals surface area contributed by atoms with Gasteiger partial charge >= 0.3 is 0 Å². The molecule has 0 aromatic heterocycles. The van der Waals surface area contributed by atoms with Crippen LogP contribution in [0.1, 0.15) is 51.2 Å². The molecule has 110 valence electrons. The molecule has 2 rings (SSSR count). The monoisotopic (exact) mass is 274 g/mol. The van der Waals surface area contributed by atoms with Gasteiger partial charge in [-0.15, -0.1) is 0 Å². The average molecular weight is 274 g/mol. The fourth-order valence-electron chi connectivity index (χ4n) is 2.61. The fourth-order valence-corrected chi connectivity index (χ4v) is 2.61. The quantitative estimate of drug-likeness (QED) is 0.889. The number of fused-ring (bicyclic) bond motifs is 1. The summed E-state index contributed by atoms with van der Waals surface area (Å²) in [5.74, 6) is 0.0198. The Morgan fingerprint density at radius 3 is 2.70 bits per heavy atom. The molecule has 0 bridgehead atoms. The van der Waals surface area contributed by atoms with Crippen molar-refractivity contribution in [1.29, 1.82) is 0 Å². The lowest BCUT2D eigenvalue weighted by atomic mass is 9.85. The Morgan fingerprint density at radius 1 is 1.30 bits per heavy atom. The third-order valence-corrected chi connectivity index (χ3v) is 4.19. The zero-order valence-electron chi connectivity index (χ0n) is 12.8. The van der Waals surface area contributed by atoms with Gasteiger partial charge < -0.3 is 11.1 Å². The van der Waals surface area contributed by atoms with Gasteiger partial charge in [-0.25, -0.2) is 0 Å². The van der Waals surface area contributed by atoms with E-state index in [0.717, 1.165) is 18.5 Å². The predicted octanol–water partition coefficient (Wildman–Crippen LogP) is 3.27. The first-order chi connectivity index (χ1) is 9.38. The number of nitrogens with two attached hydrogens (primary N) is 1. The van der Waals surface area contributed by atoms with Crippen LogP contribution in [-0.4, -0.2) is 11.9 Å². The van der Waals surface area contributed by atoms with E-state index >= 15 is 0 Å². The van der Waals surface area contributed by atoms with E-state index < -0.39 is 0 Å². The topological polar surface area (TPSA) is 55.1 Å². The van der Waals surface area contributed by atoms with Crippen LogP contribution in [0.25, 0.3) is 0 Å². The Hall–Kier alpha value is -1.35. The summed E-state index contributed by atoms with van der Waals surface area (Å²) in [5.41, 5.74) is 9.71. The predicted molar refractivity (Wildman–Crippen MR) is 83.8 cm³/mol. The summed E-state index contributed by atoms with van der Waals surface area (Å²) >= 11 is 0.